The van der Waals surface area contributed by atoms with E-state index in [1.165, 1.54) is 0 Å². The molecule has 2 aromatic rings. The van der Waals surface area contributed by atoms with E-state index in [2.05, 4.69) is 26.2 Å². The summed E-state index contributed by atoms with van der Waals surface area (Å²) in [6.07, 6.45) is 2.75. The molecule has 0 aliphatic rings. The highest BCUT2D eigenvalue weighted by molar-refractivity contribution is 9.10. The van der Waals surface area contributed by atoms with Crippen LogP contribution >= 0.6 is 15.9 Å². The van der Waals surface area contributed by atoms with Gasteiger partial charge in [-0.25, -0.2) is 0 Å². The lowest BCUT2D eigenvalue weighted by Gasteiger charge is -2.11. The molecule has 1 aromatic heterocycles. The summed E-state index contributed by atoms with van der Waals surface area (Å²) in [7, 11) is 0. The van der Waals surface area contributed by atoms with E-state index in [4.69, 9.17) is 10.5 Å². The summed E-state index contributed by atoms with van der Waals surface area (Å²) in [6, 6.07) is 5.86. The Hall–Kier alpha value is -1.33. The number of ether oxygens (including phenoxy) is 1. The number of hydrogen-bond acceptors (Lipinski definition) is 4. The number of nitrogens with two attached hydrogens (primary N) is 1. The van der Waals surface area contributed by atoms with Gasteiger partial charge in [0.25, 0.3) is 0 Å². The molecule has 0 aliphatic carbocycles. The summed E-state index contributed by atoms with van der Waals surface area (Å²) in [5.41, 5.74) is 8.63. The minimum absolute atomic E-state index is 0.740. The number of nitrogen functional groups attached to an aromatic ring is 1. The Kier molecular flexibility index (Phi) is 4.99. The molecule has 0 atom stereocenters. The quantitative estimate of drug-likeness (QED) is 0.631. The van der Waals surface area contributed by atoms with Crippen LogP contribution in [-0.2, 0) is 4.74 Å². The predicted octanol–water partition coefficient (Wildman–Crippen LogP) is 3.42. The Morgan fingerprint density at radius 3 is 3.05 bits per heavy atom. The largest absolute Gasteiger partial charge is 0.398 e. The number of nitrogens with zero attached hydrogens (tertiary/aromatic N) is 1. The second-order valence-corrected chi connectivity index (χ2v) is 5.14. The Balaban J connectivity index is 2.13. The number of rotatable bonds is 6. The summed E-state index contributed by atoms with van der Waals surface area (Å²) in [6.45, 7) is 4.40. The first-order chi connectivity index (χ1) is 9.22. The monoisotopic (exact) mass is 323 g/mol. The summed E-state index contributed by atoms with van der Waals surface area (Å²) < 4.78 is 6.24. The number of nitrogens with one attached hydrogen (secondary N) is 1. The zero-order valence-electron chi connectivity index (χ0n) is 10.9. The van der Waals surface area contributed by atoms with Crippen LogP contribution < -0.4 is 11.1 Å². The smallest absolute Gasteiger partial charge is 0.0954 e. The maximum absolute atomic E-state index is 5.98. The van der Waals surface area contributed by atoms with Gasteiger partial charge < -0.3 is 15.8 Å². The standard InChI is InChI=1S/C14H18BrN3O/c1-2-19-7-3-6-17-13-5-4-12(16)11-8-10(15)9-18-14(11)13/h4-5,8-9,17H,2-3,6-7,16H2,1H3. The van der Waals surface area contributed by atoms with Crippen molar-refractivity contribution in [2.45, 2.75) is 13.3 Å². The molecule has 0 radical (unpaired) electrons. The van der Waals surface area contributed by atoms with Crippen molar-refractivity contribution in [3.8, 4) is 0 Å². The highest BCUT2D eigenvalue weighted by atomic mass is 79.9. The van der Waals surface area contributed by atoms with Gasteiger partial charge in [-0.1, -0.05) is 0 Å². The van der Waals surface area contributed by atoms with Crippen LogP contribution in [0.2, 0.25) is 0 Å². The van der Waals surface area contributed by atoms with Gasteiger partial charge in [-0.2, -0.15) is 0 Å². The van der Waals surface area contributed by atoms with Crippen LogP contribution in [0, 0.1) is 0 Å². The van der Waals surface area contributed by atoms with E-state index in [0.717, 1.165) is 52.9 Å². The molecule has 3 N–H and O–H groups in total. The number of aromatic nitrogens is 1. The van der Waals surface area contributed by atoms with E-state index in [1.54, 1.807) is 6.20 Å². The Morgan fingerprint density at radius 2 is 2.26 bits per heavy atom. The number of pyridine rings is 1. The number of fused-ring (bicyclic) bond motifs is 1. The number of hydrogen-bond donors (Lipinski definition) is 2. The molecule has 4 nitrogen and oxygen atoms in total. The van der Waals surface area contributed by atoms with E-state index >= 15 is 0 Å². The average Bonchev–Trinajstić information content (AvgIpc) is 2.41. The number of halogens is 1. The van der Waals surface area contributed by atoms with Crippen molar-refractivity contribution in [2.75, 3.05) is 30.8 Å². The van der Waals surface area contributed by atoms with E-state index in [1.807, 2.05) is 25.1 Å². The van der Waals surface area contributed by atoms with Crippen molar-refractivity contribution in [3.05, 3.63) is 28.9 Å². The average molecular weight is 324 g/mol. The van der Waals surface area contributed by atoms with Gasteiger partial charge in [0.05, 0.1) is 11.2 Å². The lowest BCUT2D eigenvalue weighted by Crippen LogP contribution is -2.06. The van der Waals surface area contributed by atoms with E-state index in [9.17, 15) is 0 Å². The molecule has 2 rings (SSSR count). The Labute approximate surface area is 121 Å². The second kappa shape index (κ2) is 6.73. The Bertz CT molecular complexity index is 560. The van der Waals surface area contributed by atoms with Crippen LogP contribution in [-0.4, -0.2) is 24.7 Å². The molecule has 0 spiro atoms. The van der Waals surface area contributed by atoms with Crippen molar-refractivity contribution < 1.29 is 4.74 Å². The summed E-state index contributed by atoms with van der Waals surface area (Å²) in [4.78, 5) is 4.44. The summed E-state index contributed by atoms with van der Waals surface area (Å²) in [5.74, 6) is 0. The van der Waals surface area contributed by atoms with Gasteiger partial charge in [0.2, 0.25) is 0 Å². The predicted molar refractivity (Wildman–Crippen MR) is 83.5 cm³/mol. The zero-order valence-corrected chi connectivity index (χ0v) is 12.5. The van der Waals surface area contributed by atoms with Crippen LogP contribution in [0.5, 0.6) is 0 Å². The van der Waals surface area contributed by atoms with Crippen molar-refractivity contribution in [1.29, 1.82) is 0 Å². The molecule has 0 fully saturated rings. The molecule has 19 heavy (non-hydrogen) atoms. The van der Waals surface area contributed by atoms with Crippen molar-refractivity contribution >= 4 is 38.2 Å². The highest BCUT2D eigenvalue weighted by Gasteiger charge is 2.05. The molecular formula is C14H18BrN3O. The van der Waals surface area contributed by atoms with E-state index < -0.39 is 0 Å². The fourth-order valence-corrected chi connectivity index (χ4v) is 2.23. The topological polar surface area (TPSA) is 60.2 Å². The normalized spacial score (nSPS) is 10.8. The van der Waals surface area contributed by atoms with E-state index in [-0.39, 0.29) is 0 Å². The van der Waals surface area contributed by atoms with Crippen molar-refractivity contribution in [1.82, 2.24) is 4.98 Å². The SMILES string of the molecule is CCOCCCNc1ccc(N)c2cc(Br)cnc12. The molecule has 0 amide bonds. The van der Waals surface area contributed by atoms with Gasteiger partial charge in [-0.15, -0.1) is 0 Å². The maximum Gasteiger partial charge on any atom is 0.0954 e. The fraction of sp³-hybridized carbons (Fsp3) is 0.357. The number of anilines is 2. The third kappa shape index (κ3) is 3.58. The first-order valence-corrected chi connectivity index (χ1v) is 7.17. The lowest BCUT2D eigenvalue weighted by atomic mass is 10.1. The van der Waals surface area contributed by atoms with Crippen LogP contribution in [0.1, 0.15) is 13.3 Å². The molecular weight excluding hydrogens is 306 g/mol. The highest BCUT2D eigenvalue weighted by Crippen LogP contribution is 2.28. The van der Waals surface area contributed by atoms with Crippen LogP contribution in [0.3, 0.4) is 0 Å². The summed E-state index contributed by atoms with van der Waals surface area (Å²) in [5, 5.41) is 4.34. The van der Waals surface area contributed by atoms with Crippen LogP contribution in [0.4, 0.5) is 11.4 Å². The van der Waals surface area contributed by atoms with Crippen molar-refractivity contribution in [2.24, 2.45) is 0 Å². The van der Waals surface area contributed by atoms with Crippen LogP contribution in [0.15, 0.2) is 28.9 Å². The third-order valence-electron chi connectivity index (χ3n) is 2.84. The van der Waals surface area contributed by atoms with Crippen molar-refractivity contribution in [3.63, 3.8) is 0 Å². The molecule has 1 heterocycles. The van der Waals surface area contributed by atoms with Gasteiger partial charge in [0.1, 0.15) is 0 Å². The zero-order chi connectivity index (χ0) is 13.7. The molecule has 0 unspecified atom stereocenters. The van der Waals surface area contributed by atoms with Gasteiger partial charge in [0.15, 0.2) is 0 Å². The lowest BCUT2D eigenvalue weighted by molar-refractivity contribution is 0.147. The van der Waals surface area contributed by atoms with Gasteiger partial charge in [-0.3, -0.25) is 4.98 Å². The first-order valence-electron chi connectivity index (χ1n) is 6.37. The summed E-state index contributed by atoms with van der Waals surface area (Å²) >= 11 is 3.42. The van der Waals surface area contributed by atoms with Gasteiger partial charge in [-0.05, 0) is 47.5 Å². The van der Waals surface area contributed by atoms with Gasteiger partial charge >= 0.3 is 0 Å². The molecule has 0 saturated heterocycles. The molecule has 5 heteroatoms. The number of benzene rings is 1. The second-order valence-electron chi connectivity index (χ2n) is 4.23. The minimum Gasteiger partial charge on any atom is -0.398 e. The molecule has 0 saturated carbocycles. The van der Waals surface area contributed by atoms with E-state index in [0.29, 0.717) is 0 Å². The van der Waals surface area contributed by atoms with Crippen LogP contribution in [0.25, 0.3) is 10.9 Å². The minimum atomic E-state index is 0.740. The third-order valence-corrected chi connectivity index (χ3v) is 3.27. The fourth-order valence-electron chi connectivity index (χ4n) is 1.90. The maximum atomic E-state index is 5.98. The molecule has 0 bridgehead atoms. The van der Waals surface area contributed by atoms with Gasteiger partial charge in [0, 0.05) is 41.5 Å². The molecule has 102 valence electrons. The first kappa shape index (κ1) is 14.1. The molecule has 0 aliphatic heterocycles. The molecule has 1 aromatic carbocycles. The Morgan fingerprint density at radius 1 is 1.42 bits per heavy atom.